The van der Waals surface area contributed by atoms with E-state index in [2.05, 4.69) is 42.4 Å². The van der Waals surface area contributed by atoms with Gasteiger partial charge >= 0.3 is 0 Å². The molecule has 0 radical (unpaired) electrons. The van der Waals surface area contributed by atoms with Crippen LogP contribution in [0, 0.1) is 0 Å². The minimum atomic E-state index is 0.196. The van der Waals surface area contributed by atoms with Crippen LogP contribution in [0.3, 0.4) is 0 Å². The zero-order chi connectivity index (χ0) is 11.8. The first kappa shape index (κ1) is 12.1. The van der Waals surface area contributed by atoms with E-state index in [1.165, 1.54) is 13.0 Å². The van der Waals surface area contributed by atoms with Gasteiger partial charge in [0.1, 0.15) is 0 Å². The van der Waals surface area contributed by atoms with Crippen molar-refractivity contribution < 1.29 is 0 Å². The maximum atomic E-state index is 3.39. The van der Waals surface area contributed by atoms with Crippen molar-refractivity contribution in [2.24, 2.45) is 0 Å². The topological polar surface area (TPSA) is 15.3 Å². The summed E-state index contributed by atoms with van der Waals surface area (Å²) < 4.78 is 0. The highest BCUT2D eigenvalue weighted by Gasteiger charge is 2.28. The van der Waals surface area contributed by atoms with Crippen LogP contribution in [0.15, 0.2) is 11.4 Å². The first-order valence-electron chi connectivity index (χ1n) is 6.03. The van der Waals surface area contributed by atoms with E-state index in [-0.39, 0.29) is 5.54 Å². The molecule has 0 spiro atoms. The normalized spacial score (nSPS) is 22.1. The molecule has 1 aliphatic heterocycles. The van der Waals surface area contributed by atoms with E-state index in [0.717, 1.165) is 6.54 Å². The molecule has 2 heterocycles. The Bertz CT molecular complexity index is 357. The molecule has 0 saturated heterocycles. The number of nitrogens with zero attached hydrogens (tertiary/aromatic N) is 1. The quantitative estimate of drug-likeness (QED) is 0.871. The molecule has 2 rings (SSSR count). The van der Waals surface area contributed by atoms with Gasteiger partial charge < -0.3 is 5.32 Å². The van der Waals surface area contributed by atoms with Crippen LogP contribution in [-0.4, -0.2) is 30.6 Å². The third kappa shape index (κ3) is 2.31. The van der Waals surface area contributed by atoms with Crippen molar-refractivity contribution in [3.8, 4) is 0 Å². The van der Waals surface area contributed by atoms with Gasteiger partial charge in [0.2, 0.25) is 0 Å². The van der Waals surface area contributed by atoms with Crippen LogP contribution in [0.25, 0.3) is 0 Å². The van der Waals surface area contributed by atoms with Crippen molar-refractivity contribution in [3.05, 3.63) is 21.9 Å². The van der Waals surface area contributed by atoms with Gasteiger partial charge in [-0.15, -0.1) is 11.3 Å². The van der Waals surface area contributed by atoms with Crippen LogP contribution in [-0.2, 0) is 6.42 Å². The molecule has 0 bridgehead atoms. The molecule has 1 aromatic rings. The molecule has 1 N–H and O–H groups in total. The van der Waals surface area contributed by atoms with E-state index < -0.39 is 0 Å². The van der Waals surface area contributed by atoms with Crippen LogP contribution in [0.4, 0.5) is 0 Å². The molecule has 0 saturated carbocycles. The van der Waals surface area contributed by atoms with E-state index >= 15 is 0 Å². The Hall–Kier alpha value is -0.380. The van der Waals surface area contributed by atoms with Gasteiger partial charge in [-0.2, -0.15) is 0 Å². The second-order valence-corrected chi connectivity index (χ2v) is 6.33. The molecule has 90 valence electrons. The van der Waals surface area contributed by atoms with Gasteiger partial charge in [0, 0.05) is 29.5 Å². The van der Waals surface area contributed by atoms with Crippen molar-refractivity contribution in [3.63, 3.8) is 0 Å². The monoisotopic (exact) mass is 238 g/mol. The molecular formula is C13H22N2S. The zero-order valence-corrected chi connectivity index (χ0v) is 11.5. The maximum absolute atomic E-state index is 3.39. The fraction of sp³-hybridized carbons (Fsp3) is 0.692. The molecule has 1 atom stereocenters. The Balaban J connectivity index is 2.10. The Morgan fingerprint density at radius 3 is 3.00 bits per heavy atom. The standard InChI is InChI=1S/C13H22N2S/c1-10-11-6-8-16-12(11)5-7-15(10)9-13(2,3)14-4/h6,8,10,14H,5,7,9H2,1-4H3. The van der Waals surface area contributed by atoms with Gasteiger partial charge in [-0.25, -0.2) is 0 Å². The average Bonchev–Trinajstić information content (AvgIpc) is 2.71. The SMILES string of the molecule is CNC(C)(C)CN1CCc2sccc2C1C. The van der Waals surface area contributed by atoms with E-state index in [1.54, 1.807) is 10.4 Å². The predicted molar refractivity (Wildman–Crippen MR) is 71.1 cm³/mol. The van der Waals surface area contributed by atoms with Gasteiger partial charge in [0.15, 0.2) is 0 Å². The first-order valence-corrected chi connectivity index (χ1v) is 6.91. The maximum Gasteiger partial charge on any atom is 0.0331 e. The molecule has 1 aliphatic rings. The predicted octanol–water partition coefficient (Wildman–Crippen LogP) is 2.67. The van der Waals surface area contributed by atoms with Crippen molar-refractivity contribution in [2.75, 3.05) is 20.1 Å². The summed E-state index contributed by atoms with van der Waals surface area (Å²) in [6.45, 7) is 9.17. The highest BCUT2D eigenvalue weighted by atomic mass is 32.1. The Morgan fingerprint density at radius 1 is 1.56 bits per heavy atom. The van der Waals surface area contributed by atoms with Gasteiger partial charge in [0.05, 0.1) is 0 Å². The number of thiophene rings is 1. The second-order valence-electron chi connectivity index (χ2n) is 5.33. The molecule has 0 fully saturated rings. The van der Waals surface area contributed by atoms with Crippen LogP contribution >= 0.6 is 11.3 Å². The van der Waals surface area contributed by atoms with Crippen LogP contribution < -0.4 is 5.32 Å². The minimum Gasteiger partial charge on any atom is -0.314 e. The van der Waals surface area contributed by atoms with E-state index in [4.69, 9.17) is 0 Å². The van der Waals surface area contributed by atoms with Crippen LogP contribution in [0.2, 0.25) is 0 Å². The lowest BCUT2D eigenvalue weighted by atomic mass is 9.97. The second kappa shape index (κ2) is 4.47. The Kier molecular flexibility index (Phi) is 3.38. The van der Waals surface area contributed by atoms with Crippen molar-refractivity contribution in [1.82, 2.24) is 10.2 Å². The summed E-state index contributed by atoms with van der Waals surface area (Å²) in [6.07, 6.45) is 1.22. The Labute approximate surface area is 103 Å². The van der Waals surface area contributed by atoms with E-state index in [1.807, 2.05) is 18.4 Å². The molecule has 2 nitrogen and oxygen atoms in total. The van der Waals surface area contributed by atoms with Crippen LogP contribution in [0.1, 0.15) is 37.3 Å². The fourth-order valence-electron chi connectivity index (χ4n) is 2.36. The summed E-state index contributed by atoms with van der Waals surface area (Å²) >= 11 is 1.91. The number of fused-ring (bicyclic) bond motifs is 1. The summed E-state index contributed by atoms with van der Waals surface area (Å²) in [6, 6.07) is 2.87. The van der Waals surface area contributed by atoms with Gasteiger partial charge in [-0.3, -0.25) is 4.90 Å². The number of hydrogen-bond donors (Lipinski definition) is 1. The molecule has 0 aromatic carbocycles. The third-order valence-corrected chi connectivity index (χ3v) is 4.68. The van der Waals surface area contributed by atoms with Crippen molar-refractivity contribution in [2.45, 2.75) is 38.8 Å². The van der Waals surface area contributed by atoms with E-state index in [9.17, 15) is 0 Å². The van der Waals surface area contributed by atoms with Crippen molar-refractivity contribution in [1.29, 1.82) is 0 Å². The fourth-order valence-corrected chi connectivity index (χ4v) is 3.33. The summed E-state index contributed by atoms with van der Waals surface area (Å²) in [4.78, 5) is 4.18. The third-order valence-electron chi connectivity index (χ3n) is 3.68. The summed E-state index contributed by atoms with van der Waals surface area (Å²) in [5.74, 6) is 0. The zero-order valence-electron chi connectivity index (χ0n) is 10.7. The summed E-state index contributed by atoms with van der Waals surface area (Å²) in [5, 5.41) is 5.62. The number of hydrogen-bond acceptors (Lipinski definition) is 3. The molecular weight excluding hydrogens is 216 g/mol. The lowest BCUT2D eigenvalue weighted by Gasteiger charge is -2.39. The van der Waals surface area contributed by atoms with Gasteiger partial charge in [-0.05, 0) is 51.2 Å². The highest BCUT2D eigenvalue weighted by molar-refractivity contribution is 7.10. The molecule has 0 amide bonds. The molecule has 1 unspecified atom stereocenters. The molecule has 3 heteroatoms. The first-order chi connectivity index (χ1) is 7.53. The lowest BCUT2D eigenvalue weighted by Crippen LogP contribution is -2.49. The summed E-state index contributed by atoms with van der Waals surface area (Å²) in [5.41, 5.74) is 1.74. The summed E-state index contributed by atoms with van der Waals surface area (Å²) in [7, 11) is 2.05. The average molecular weight is 238 g/mol. The molecule has 1 aromatic heterocycles. The van der Waals surface area contributed by atoms with Gasteiger partial charge in [-0.1, -0.05) is 0 Å². The highest BCUT2D eigenvalue weighted by Crippen LogP contribution is 2.33. The Morgan fingerprint density at radius 2 is 2.31 bits per heavy atom. The lowest BCUT2D eigenvalue weighted by molar-refractivity contribution is 0.153. The van der Waals surface area contributed by atoms with E-state index in [0.29, 0.717) is 6.04 Å². The minimum absolute atomic E-state index is 0.196. The number of rotatable bonds is 3. The number of likely N-dealkylation sites (N-methyl/N-ethyl adjacent to an activating group) is 1. The largest absolute Gasteiger partial charge is 0.314 e. The molecule has 0 aliphatic carbocycles. The van der Waals surface area contributed by atoms with Crippen LogP contribution in [0.5, 0.6) is 0 Å². The number of nitrogens with one attached hydrogen (secondary N) is 1. The molecule has 16 heavy (non-hydrogen) atoms. The van der Waals surface area contributed by atoms with Crippen molar-refractivity contribution >= 4 is 11.3 Å². The smallest absolute Gasteiger partial charge is 0.0331 e. The van der Waals surface area contributed by atoms with Gasteiger partial charge in [0.25, 0.3) is 0 Å².